The van der Waals surface area contributed by atoms with Crippen LogP contribution in [0.2, 0.25) is 0 Å². The van der Waals surface area contributed by atoms with Gasteiger partial charge in [-0.2, -0.15) is 0 Å². The lowest BCUT2D eigenvalue weighted by molar-refractivity contribution is 0.523. The maximum absolute atomic E-state index is 5.81. The Kier molecular flexibility index (Phi) is 8.81. The van der Waals surface area contributed by atoms with Crippen molar-refractivity contribution >= 4 is 0 Å². The van der Waals surface area contributed by atoms with Gasteiger partial charge >= 0.3 is 0 Å². The number of hydrogen-bond acceptors (Lipinski definition) is 4. The van der Waals surface area contributed by atoms with Crippen LogP contribution in [0.25, 0.3) is 0 Å². The molecular weight excluding hydrogens is 152 g/mol. The maximum atomic E-state index is 5.81. The summed E-state index contributed by atoms with van der Waals surface area (Å²) in [6.07, 6.45) is 3.25. The smallest absolute Gasteiger partial charge is 0.0165 e. The van der Waals surface area contributed by atoms with E-state index in [4.69, 9.17) is 17.2 Å². The lowest BCUT2D eigenvalue weighted by Gasteiger charge is -2.11. The molecule has 4 nitrogen and oxygen atoms in total. The number of nitrogens with two attached hydrogens (primary N) is 3. The van der Waals surface area contributed by atoms with Crippen LogP contribution < -0.4 is 22.5 Å². The molecular formula is C8H22N4. The number of unbranched alkanes of at least 4 members (excludes halogenated alkanes) is 1. The fraction of sp³-hybridized carbons (Fsp3) is 1.00. The predicted octanol–water partition coefficient (Wildman–Crippen LogP) is -1.01. The zero-order valence-electron chi connectivity index (χ0n) is 7.76. The zero-order chi connectivity index (χ0) is 9.23. The third-order valence-electron chi connectivity index (χ3n) is 1.76. The van der Waals surface area contributed by atoms with Crippen molar-refractivity contribution in [2.24, 2.45) is 17.2 Å². The Labute approximate surface area is 74.9 Å². The first-order valence-electron chi connectivity index (χ1n) is 4.67. The Balaban J connectivity index is 3.04. The van der Waals surface area contributed by atoms with Crippen LogP contribution in [0.4, 0.5) is 0 Å². The molecule has 0 aromatic carbocycles. The van der Waals surface area contributed by atoms with Crippen LogP contribution in [-0.2, 0) is 0 Å². The summed E-state index contributed by atoms with van der Waals surface area (Å²) in [5.74, 6) is 0. The minimum absolute atomic E-state index is 0.253. The van der Waals surface area contributed by atoms with E-state index in [9.17, 15) is 0 Å². The summed E-state index contributed by atoms with van der Waals surface area (Å²) in [6, 6.07) is 0.253. The second kappa shape index (κ2) is 8.93. The fourth-order valence-electron chi connectivity index (χ4n) is 1.04. The van der Waals surface area contributed by atoms with E-state index in [0.29, 0.717) is 6.54 Å². The SMILES string of the molecule is NCCCC[C@H](N)CNCCN. The molecule has 0 saturated carbocycles. The molecule has 1 atom stereocenters. The van der Waals surface area contributed by atoms with Crippen LogP contribution in [-0.4, -0.2) is 32.2 Å². The molecule has 0 unspecified atom stereocenters. The maximum Gasteiger partial charge on any atom is 0.0165 e. The molecule has 0 aliphatic rings. The van der Waals surface area contributed by atoms with E-state index in [-0.39, 0.29) is 6.04 Å². The Morgan fingerprint density at radius 1 is 1.08 bits per heavy atom. The van der Waals surface area contributed by atoms with Crippen molar-refractivity contribution in [1.82, 2.24) is 5.32 Å². The van der Waals surface area contributed by atoms with Gasteiger partial charge < -0.3 is 22.5 Å². The van der Waals surface area contributed by atoms with Gasteiger partial charge in [0.15, 0.2) is 0 Å². The van der Waals surface area contributed by atoms with Crippen LogP contribution in [0, 0.1) is 0 Å². The van der Waals surface area contributed by atoms with Gasteiger partial charge in [0, 0.05) is 25.7 Å². The third-order valence-corrected chi connectivity index (χ3v) is 1.76. The van der Waals surface area contributed by atoms with Gasteiger partial charge in [0.2, 0.25) is 0 Å². The van der Waals surface area contributed by atoms with Gasteiger partial charge in [0.1, 0.15) is 0 Å². The van der Waals surface area contributed by atoms with E-state index in [0.717, 1.165) is 38.9 Å². The molecule has 0 bridgehead atoms. The zero-order valence-corrected chi connectivity index (χ0v) is 7.76. The summed E-state index contributed by atoms with van der Waals surface area (Å²) in [5, 5.41) is 3.18. The van der Waals surface area contributed by atoms with Gasteiger partial charge in [0.05, 0.1) is 0 Å². The minimum atomic E-state index is 0.253. The average Bonchev–Trinajstić information content (AvgIpc) is 2.06. The molecule has 0 rings (SSSR count). The molecule has 74 valence electrons. The van der Waals surface area contributed by atoms with E-state index in [2.05, 4.69) is 5.32 Å². The van der Waals surface area contributed by atoms with Crippen molar-refractivity contribution in [2.45, 2.75) is 25.3 Å². The summed E-state index contributed by atoms with van der Waals surface area (Å²) in [4.78, 5) is 0. The fourth-order valence-corrected chi connectivity index (χ4v) is 1.04. The van der Waals surface area contributed by atoms with E-state index >= 15 is 0 Å². The molecule has 0 aliphatic heterocycles. The summed E-state index contributed by atoms with van der Waals surface area (Å²) in [6.45, 7) is 3.16. The molecule has 0 aliphatic carbocycles. The van der Waals surface area contributed by atoms with Crippen LogP contribution >= 0.6 is 0 Å². The summed E-state index contributed by atoms with van der Waals surface area (Å²) in [7, 11) is 0. The lowest BCUT2D eigenvalue weighted by atomic mass is 10.1. The van der Waals surface area contributed by atoms with Gasteiger partial charge in [-0.05, 0) is 19.4 Å². The molecule has 4 heteroatoms. The molecule has 0 spiro atoms. The van der Waals surface area contributed by atoms with Gasteiger partial charge in [-0.1, -0.05) is 6.42 Å². The van der Waals surface area contributed by atoms with Crippen LogP contribution in [0.3, 0.4) is 0 Å². The largest absolute Gasteiger partial charge is 0.330 e. The van der Waals surface area contributed by atoms with E-state index in [1.54, 1.807) is 0 Å². The summed E-state index contributed by atoms with van der Waals surface area (Å²) < 4.78 is 0. The van der Waals surface area contributed by atoms with Crippen molar-refractivity contribution < 1.29 is 0 Å². The first kappa shape index (κ1) is 11.8. The minimum Gasteiger partial charge on any atom is -0.330 e. The molecule has 0 heterocycles. The second-order valence-electron chi connectivity index (χ2n) is 3.04. The van der Waals surface area contributed by atoms with Crippen molar-refractivity contribution in [3.8, 4) is 0 Å². The number of nitrogens with one attached hydrogen (secondary N) is 1. The Hall–Kier alpha value is -0.160. The van der Waals surface area contributed by atoms with Gasteiger partial charge in [-0.3, -0.25) is 0 Å². The van der Waals surface area contributed by atoms with Gasteiger partial charge in [-0.25, -0.2) is 0 Å². The molecule has 12 heavy (non-hydrogen) atoms. The van der Waals surface area contributed by atoms with Crippen molar-refractivity contribution in [3.05, 3.63) is 0 Å². The highest BCUT2D eigenvalue weighted by atomic mass is 14.9. The first-order valence-corrected chi connectivity index (χ1v) is 4.67. The standard InChI is InChI=1S/C8H22N4/c9-4-2-1-3-8(11)7-12-6-5-10/h8,12H,1-7,9-11H2/t8-/m0/s1. The van der Waals surface area contributed by atoms with Crippen LogP contribution in [0.5, 0.6) is 0 Å². The Bertz CT molecular complexity index is 77.1. The van der Waals surface area contributed by atoms with E-state index < -0.39 is 0 Å². The highest BCUT2D eigenvalue weighted by molar-refractivity contribution is 4.64. The van der Waals surface area contributed by atoms with Gasteiger partial charge in [-0.15, -0.1) is 0 Å². The molecule has 0 aromatic rings. The summed E-state index contributed by atoms with van der Waals surface area (Å²) >= 11 is 0. The Morgan fingerprint density at radius 3 is 2.42 bits per heavy atom. The lowest BCUT2D eigenvalue weighted by Crippen LogP contribution is -2.36. The van der Waals surface area contributed by atoms with Crippen LogP contribution in [0.1, 0.15) is 19.3 Å². The van der Waals surface area contributed by atoms with E-state index in [1.165, 1.54) is 0 Å². The molecule has 7 N–H and O–H groups in total. The highest BCUT2D eigenvalue weighted by Crippen LogP contribution is 1.96. The Morgan fingerprint density at radius 2 is 1.83 bits per heavy atom. The first-order chi connectivity index (χ1) is 5.81. The molecule has 0 fully saturated rings. The molecule has 0 aromatic heterocycles. The van der Waals surface area contributed by atoms with Crippen LogP contribution in [0.15, 0.2) is 0 Å². The normalized spacial score (nSPS) is 13.2. The third kappa shape index (κ3) is 7.94. The quantitative estimate of drug-likeness (QED) is 0.355. The average molecular weight is 174 g/mol. The number of rotatable bonds is 8. The topological polar surface area (TPSA) is 90.1 Å². The van der Waals surface area contributed by atoms with Crippen molar-refractivity contribution in [2.75, 3.05) is 26.2 Å². The summed E-state index contributed by atoms with van der Waals surface area (Å²) in [5.41, 5.74) is 16.5. The number of hydrogen-bond donors (Lipinski definition) is 4. The van der Waals surface area contributed by atoms with Gasteiger partial charge in [0.25, 0.3) is 0 Å². The highest BCUT2D eigenvalue weighted by Gasteiger charge is 1.99. The second-order valence-corrected chi connectivity index (χ2v) is 3.04. The van der Waals surface area contributed by atoms with E-state index in [1.807, 2.05) is 0 Å². The molecule has 0 saturated heterocycles. The molecule has 0 radical (unpaired) electrons. The predicted molar refractivity (Wildman–Crippen MR) is 52.8 cm³/mol. The monoisotopic (exact) mass is 174 g/mol. The van der Waals surface area contributed by atoms with Crippen molar-refractivity contribution in [1.29, 1.82) is 0 Å². The van der Waals surface area contributed by atoms with Crippen molar-refractivity contribution in [3.63, 3.8) is 0 Å². The molecule has 0 amide bonds.